The van der Waals surface area contributed by atoms with Crippen molar-refractivity contribution in [3.63, 3.8) is 0 Å². The van der Waals surface area contributed by atoms with Gasteiger partial charge in [-0.2, -0.15) is 0 Å². The highest BCUT2D eigenvalue weighted by Gasteiger charge is 2.26. The lowest BCUT2D eigenvalue weighted by Gasteiger charge is -2.01. The van der Waals surface area contributed by atoms with Gasteiger partial charge >= 0.3 is 0 Å². The molecule has 68 valence electrons. The molecule has 0 N–H and O–H groups in total. The Bertz CT molecular complexity index is 448. The maximum atomic E-state index is 4.42. The molecule has 1 unspecified atom stereocenters. The van der Waals surface area contributed by atoms with E-state index < -0.39 is 0 Å². The van der Waals surface area contributed by atoms with Crippen molar-refractivity contribution in [1.82, 2.24) is 4.98 Å². The zero-order valence-electron chi connectivity index (χ0n) is 7.44. The summed E-state index contributed by atoms with van der Waals surface area (Å²) in [7, 11) is 0. The van der Waals surface area contributed by atoms with Crippen molar-refractivity contribution in [1.29, 1.82) is 0 Å². The van der Waals surface area contributed by atoms with Crippen LogP contribution in [0.15, 0.2) is 42.6 Å². The van der Waals surface area contributed by atoms with Crippen molar-refractivity contribution in [3.8, 4) is 11.3 Å². The first-order valence-corrected chi connectivity index (χ1v) is 5.48. The van der Waals surface area contributed by atoms with Crippen molar-refractivity contribution in [2.24, 2.45) is 0 Å². The monoisotopic (exact) mass is 245 g/mol. The molecule has 1 aliphatic rings. The molecule has 14 heavy (non-hydrogen) atoms. The summed E-state index contributed by atoms with van der Waals surface area (Å²) >= 11 is 3.70. The highest BCUT2D eigenvalue weighted by Crippen LogP contribution is 2.46. The third-order valence-electron chi connectivity index (χ3n) is 2.60. The zero-order valence-corrected chi connectivity index (χ0v) is 9.03. The molecule has 1 aliphatic carbocycles. The molecule has 2 heteroatoms. The number of aromatic nitrogens is 1. The summed E-state index contributed by atoms with van der Waals surface area (Å²) in [5.74, 6) is 0. The lowest BCUT2D eigenvalue weighted by molar-refractivity contribution is 1.22. The maximum absolute atomic E-state index is 4.42. The van der Waals surface area contributed by atoms with Crippen molar-refractivity contribution in [2.75, 3.05) is 0 Å². The van der Waals surface area contributed by atoms with Crippen molar-refractivity contribution < 1.29 is 0 Å². The van der Waals surface area contributed by atoms with Crippen LogP contribution in [0.4, 0.5) is 0 Å². The van der Waals surface area contributed by atoms with Gasteiger partial charge in [-0.3, -0.25) is 4.98 Å². The van der Waals surface area contributed by atoms with Crippen LogP contribution in [0.5, 0.6) is 0 Å². The van der Waals surface area contributed by atoms with Crippen LogP contribution in [0.1, 0.15) is 16.0 Å². The molecule has 0 amide bonds. The van der Waals surface area contributed by atoms with Crippen LogP contribution in [0.25, 0.3) is 11.3 Å². The third-order valence-corrected chi connectivity index (χ3v) is 3.59. The summed E-state index contributed by atoms with van der Waals surface area (Å²) in [6, 6.07) is 12.5. The van der Waals surface area contributed by atoms with E-state index in [0.29, 0.717) is 4.83 Å². The number of hydrogen-bond acceptors (Lipinski definition) is 1. The largest absolute Gasteiger partial charge is 0.256 e. The maximum Gasteiger partial charge on any atom is 0.0752 e. The van der Waals surface area contributed by atoms with Gasteiger partial charge in [0.05, 0.1) is 10.5 Å². The average Bonchev–Trinajstić information content (AvgIpc) is 2.55. The molecular weight excluding hydrogens is 238 g/mol. The van der Waals surface area contributed by atoms with Gasteiger partial charge in [0, 0.05) is 11.8 Å². The molecule has 1 aromatic heterocycles. The molecule has 3 rings (SSSR count). The van der Waals surface area contributed by atoms with Crippen molar-refractivity contribution in [3.05, 3.63) is 53.7 Å². The second kappa shape index (κ2) is 2.92. The van der Waals surface area contributed by atoms with Crippen LogP contribution in [-0.2, 0) is 0 Å². The van der Waals surface area contributed by atoms with E-state index in [1.807, 2.05) is 12.3 Å². The van der Waals surface area contributed by atoms with Gasteiger partial charge in [0.1, 0.15) is 0 Å². The Hall–Kier alpha value is -1.15. The Kier molecular flexibility index (Phi) is 1.71. The van der Waals surface area contributed by atoms with Gasteiger partial charge in [0.25, 0.3) is 0 Å². The minimum atomic E-state index is 0.308. The fraction of sp³-hybridized carbons (Fsp3) is 0.0833. The smallest absolute Gasteiger partial charge is 0.0752 e. The SMILES string of the molecule is BrC1c2ccccc2-c2ncccc21. The Labute approximate surface area is 90.9 Å². The van der Waals surface area contributed by atoms with E-state index in [0.717, 1.165) is 5.69 Å². The van der Waals surface area contributed by atoms with E-state index in [9.17, 15) is 0 Å². The highest BCUT2D eigenvalue weighted by molar-refractivity contribution is 9.09. The number of hydrogen-bond donors (Lipinski definition) is 0. The number of nitrogens with zero attached hydrogens (tertiary/aromatic N) is 1. The van der Waals surface area contributed by atoms with Crippen molar-refractivity contribution >= 4 is 15.9 Å². The molecule has 0 fully saturated rings. The number of benzene rings is 1. The summed E-state index contributed by atoms with van der Waals surface area (Å²) in [5, 5.41) is 0. The summed E-state index contributed by atoms with van der Waals surface area (Å²) in [6.07, 6.45) is 1.85. The predicted molar refractivity (Wildman–Crippen MR) is 60.4 cm³/mol. The molecule has 1 atom stereocenters. The normalized spacial score (nSPS) is 17.6. The van der Waals surface area contributed by atoms with Gasteiger partial charge < -0.3 is 0 Å². The minimum Gasteiger partial charge on any atom is -0.256 e. The van der Waals surface area contributed by atoms with Crippen LogP contribution < -0.4 is 0 Å². The second-order valence-corrected chi connectivity index (χ2v) is 4.31. The van der Waals surface area contributed by atoms with Crippen LogP contribution in [0, 0.1) is 0 Å². The second-order valence-electron chi connectivity index (χ2n) is 3.39. The molecule has 1 nitrogen and oxygen atoms in total. The van der Waals surface area contributed by atoms with Crippen LogP contribution in [0.3, 0.4) is 0 Å². The van der Waals surface area contributed by atoms with Crippen LogP contribution in [0.2, 0.25) is 0 Å². The molecule has 1 heterocycles. The number of pyridine rings is 1. The molecule has 2 aromatic rings. The van der Waals surface area contributed by atoms with Gasteiger partial charge in [0.2, 0.25) is 0 Å². The van der Waals surface area contributed by atoms with Gasteiger partial charge in [-0.05, 0) is 17.2 Å². The van der Waals surface area contributed by atoms with Gasteiger partial charge in [-0.25, -0.2) is 0 Å². The van der Waals surface area contributed by atoms with Gasteiger partial charge in [-0.1, -0.05) is 46.3 Å². The fourth-order valence-electron chi connectivity index (χ4n) is 1.95. The fourth-order valence-corrected chi connectivity index (χ4v) is 2.72. The lowest BCUT2D eigenvalue weighted by Crippen LogP contribution is -1.84. The van der Waals surface area contributed by atoms with Crippen LogP contribution >= 0.6 is 15.9 Å². The first-order valence-electron chi connectivity index (χ1n) is 4.56. The Morgan fingerprint density at radius 2 is 1.79 bits per heavy atom. The van der Waals surface area contributed by atoms with E-state index in [2.05, 4.69) is 51.2 Å². The van der Waals surface area contributed by atoms with E-state index in [1.54, 1.807) is 0 Å². The summed E-state index contributed by atoms with van der Waals surface area (Å²) in [5.41, 5.74) is 4.96. The molecule has 0 spiro atoms. The Balaban J connectivity index is 2.36. The molecule has 1 aromatic carbocycles. The van der Waals surface area contributed by atoms with Crippen LogP contribution in [-0.4, -0.2) is 4.98 Å². The standard InChI is InChI=1S/C12H8BrN/c13-11-8-4-1-2-5-9(8)12-10(11)6-3-7-14-12/h1-7,11H. The summed E-state index contributed by atoms with van der Waals surface area (Å²) < 4.78 is 0. The van der Waals surface area contributed by atoms with E-state index in [-0.39, 0.29) is 0 Å². The molecular formula is C12H8BrN. The summed E-state index contributed by atoms with van der Waals surface area (Å²) in [6.45, 7) is 0. The van der Waals surface area contributed by atoms with E-state index >= 15 is 0 Å². The molecule has 0 saturated heterocycles. The zero-order chi connectivity index (χ0) is 9.54. The molecule has 0 aliphatic heterocycles. The molecule has 0 radical (unpaired) electrons. The predicted octanol–water partition coefficient (Wildman–Crippen LogP) is 3.55. The lowest BCUT2D eigenvalue weighted by atomic mass is 10.1. The first kappa shape index (κ1) is 8.18. The van der Waals surface area contributed by atoms with Gasteiger partial charge in [0.15, 0.2) is 0 Å². The van der Waals surface area contributed by atoms with E-state index in [1.165, 1.54) is 16.7 Å². The first-order chi connectivity index (χ1) is 6.88. The number of halogens is 1. The highest BCUT2D eigenvalue weighted by atomic mass is 79.9. The van der Waals surface area contributed by atoms with E-state index in [4.69, 9.17) is 0 Å². The number of alkyl halides is 1. The topological polar surface area (TPSA) is 12.9 Å². The van der Waals surface area contributed by atoms with Gasteiger partial charge in [-0.15, -0.1) is 0 Å². The third kappa shape index (κ3) is 0.976. The number of rotatable bonds is 0. The number of fused-ring (bicyclic) bond motifs is 3. The minimum absolute atomic E-state index is 0.308. The molecule has 0 saturated carbocycles. The van der Waals surface area contributed by atoms with Crippen molar-refractivity contribution in [2.45, 2.75) is 4.83 Å². The molecule has 0 bridgehead atoms. The Morgan fingerprint density at radius 1 is 1.00 bits per heavy atom. The summed E-state index contributed by atoms with van der Waals surface area (Å²) in [4.78, 5) is 4.73. The average molecular weight is 246 g/mol. The quantitative estimate of drug-likeness (QED) is 0.648. The Morgan fingerprint density at radius 3 is 2.71 bits per heavy atom.